The van der Waals surface area contributed by atoms with Gasteiger partial charge in [0, 0.05) is 21.9 Å². The van der Waals surface area contributed by atoms with Crippen molar-refractivity contribution < 1.29 is 26.8 Å². The van der Waals surface area contributed by atoms with Crippen molar-refractivity contribution in [1.29, 1.82) is 0 Å². The summed E-state index contributed by atoms with van der Waals surface area (Å²) in [5, 5.41) is 4.72. The summed E-state index contributed by atoms with van der Waals surface area (Å²) in [5.41, 5.74) is 0.406. The first-order valence-electron chi connectivity index (χ1n) is 8.73. The fourth-order valence-electron chi connectivity index (χ4n) is 2.83. The second-order valence-corrected chi connectivity index (χ2v) is 10.1. The first kappa shape index (κ1) is 21.3. The van der Waals surface area contributed by atoms with E-state index in [9.17, 15) is 26.8 Å². The summed E-state index contributed by atoms with van der Waals surface area (Å²) >= 11 is 1.33. The van der Waals surface area contributed by atoms with Crippen LogP contribution in [0, 0.1) is 11.6 Å². The van der Waals surface area contributed by atoms with Gasteiger partial charge in [-0.1, -0.05) is 12.1 Å². The van der Waals surface area contributed by atoms with Gasteiger partial charge < -0.3 is 10.6 Å². The van der Waals surface area contributed by atoms with Crippen molar-refractivity contribution in [3.63, 3.8) is 0 Å². The average molecular weight is 440 g/mol. The zero-order valence-electron chi connectivity index (χ0n) is 15.2. The Hall–Kier alpha value is -2.46. The van der Waals surface area contributed by atoms with Gasteiger partial charge >= 0.3 is 0 Å². The molecule has 1 heterocycles. The van der Waals surface area contributed by atoms with Gasteiger partial charge in [0.1, 0.15) is 0 Å². The lowest BCUT2D eigenvalue weighted by Crippen LogP contribution is -2.33. The van der Waals surface area contributed by atoms with E-state index in [0.717, 1.165) is 12.1 Å². The van der Waals surface area contributed by atoms with E-state index >= 15 is 0 Å². The molecule has 1 unspecified atom stereocenters. The van der Waals surface area contributed by atoms with E-state index in [1.807, 2.05) is 0 Å². The predicted molar refractivity (Wildman–Crippen MR) is 107 cm³/mol. The van der Waals surface area contributed by atoms with E-state index in [0.29, 0.717) is 16.9 Å². The van der Waals surface area contributed by atoms with E-state index < -0.39 is 33.3 Å². The molecule has 0 saturated carbocycles. The summed E-state index contributed by atoms with van der Waals surface area (Å²) in [6.07, 6.45) is 0.527. The molecular weight excluding hydrogens is 422 g/mol. The second kappa shape index (κ2) is 8.91. The Kier molecular flexibility index (Phi) is 6.53. The smallest absolute Gasteiger partial charge is 0.252 e. The van der Waals surface area contributed by atoms with E-state index in [2.05, 4.69) is 10.6 Å². The van der Waals surface area contributed by atoms with Crippen molar-refractivity contribution >= 4 is 39.1 Å². The third-order valence-corrected chi connectivity index (χ3v) is 7.55. The number of benzene rings is 2. The second-order valence-electron chi connectivity index (χ2n) is 6.50. The normalized spacial score (nSPS) is 17.7. The Morgan fingerprint density at radius 3 is 2.55 bits per heavy atom. The number of rotatable bonds is 6. The lowest BCUT2D eigenvalue weighted by Gasteiger charge is -2.13. The SMILES string of the molecule is O=C(CNC(=O)c1ccccc1SC1CCS(=O)(=O)C1)Nc1ccc(F)c(F)c1. The molecule has 10 heteroatoms. The molecular formula is C19H18F2N2O4S2. The summed E-state index contributed by atoms with van der Waals surface area (Å²) < 4.78 is 49.4. The number of carbonyl (C=O) groups is 2. The van der Waals surface area contributed by atoms with Gasteiger partial charge in [0.25, 0.3) is 5.91 Å². The predicted octanol–water partition coefficient (Wildman–Crippen LogP) is 2.61. The molecule has 0 aliphatic carbocycles. The van der Waals surface area contributed by atoms with Crippen LogP contribution in [0.4, 0.5) is 14.5 Å². The van der Waals surface area contributed by atoms with E-state index in [1.165, 1.54) is 17.8 Å². The third-order valence-electron chi connectivity index (χ3n) is 4.23. The standard InChI is InChI=1S/C19H18F2N2O4S2/c20-15-6-5-12(9-16(15)21)23-18(24)10-22-19(25)14-3-1-2-4-17(14)28-13-7-8-29(26,27)11-13/h1-6,9,13H,7-8,10-11H2,(H,22,25)(H,23,24). The van der Waals surface area contributed by atoms with Crippen molar-refractivity contribution in [3.05, 3.63) is 59.7 Å². The number of nitrogens with one attached hydrogen (secondary N) is 2. The summed E-state index contributed by atoms with van der Waals surface area (Å²) in [6.45, 7) is -0.366. The number of thioether (sulfide) groups is 1. The molecule has 0 aromatic heterocycles. The topological polar surface area (TPSA) is 92.3 Å². The fourth-order valence-corrected chi connectivity index (χ4v) is 6.45. The lowest BCUT2D eigenvalue weighted by atomic mass is 10.2. The highest BCUT2D eigenvalue weighted by atomic mass is 32.2. The van der Waals surface area contributed by atoms with Crippen LogP contribution in [-0.2, 0) is 14.6 Å². The molecule has 1 aliphatic rings. The average Bonchev–Trinajstić information content (AvgIpc) is 3.01. The van der Waals surface area contributed by atoms with Gasteiger partial charge in [0.15, 0.2) is 21.5 Å². The highest BCUT2D eigenvalue weighted by Gasteiger charge is 2.29. The number of hydrogen-bond donors (Lipinski definition) is 2. The number of amides is 2. The van der Waals surface area contributed by atoms with Gasteiger partial charge in [-0.3, -0.25) is 9.59 Å². The van der Waals surface area contributed by atoms with Gasteiger partial charge in [-0.25, -0.2) is 17.2 Å². The molecule has 2 amide bonds. The largest absolute Gasteiger partial charge is 0.343 e. The molecule has 3 rings (SSSR count). The van der Waals surface area contributed by atoms with E-state index in [-0.39, 0.29) is 29.0 Å². The van der Waals surface area contributed by atoms with Crippen molar-refractivity contribution in [2.24, 2.45) is 0 Å². The molecule has 2 N–H and O–H groups in total. The molecule has 2 aromatic rings. The Bertz CT molecular complexity index is 1040. The monoisotopic (exact) mass is 440 g/mol. The molecule has 1 saturated heterocycles. The van der Waals surface area contributed by atoms with Crippen molar-refractivity contribution in [1.82, 2.24) is 5.32 Å². The van der Waals surface area contributed by atoms with Crippen molar-refractivity contribution in [2.45, 2.75) is 16.6 Å². The van der Waals surface area contributed by atoms with Gasteiger partial charge in [-0.05, 0) is 30.7 Å². The zero-order valence-corrected chi connectivity index (χ0v) is 16.8. The minimum Gasteiger partial charge on any atom is -0.343 e. The molecule has 1 fully saturated rings. The van der Waals surface area contributed by atoms with E-state index in [1.54, 1.807) is 24.3 Å². The molecule has 0 radical (unpaired) electrons. The number of carbonyl (C=O) groups excluding carboxylic acids is 2. The lowest BCUT2D eigenvalue weighted by molar-refractivity contribution is -0.115. The maximum Gasteiger partial charge on any atom is 0.252 e. The Morgan fingerprint density at radius 2 is 1.86 bits per heavy atom. The summed E-state index contributed by atoms with van der Waals surface area (Å²) in [4.78, 5) is 25.1. The van der Waals surface area contributed by atoms with Crippen molar-refractivity contribution in [2.75, 3.05) is 23.4 Å². The van der Waals surface area contributed by atoms with Gasteiger partial charge in [-0.15, -0.1) is 11.8 Å². The molecule has 154 valence electrons. The Labute approximate surface area is 171 Å². The Morgan fingerprint density at radius 1 is 1.10 bits per heavy atom. The number of sulfone groups is 1. The first-order valence-corrected chi connectivity index (χ1v) is 11.4. The highest BCUT2D eigenvalue weighted by Crippen LogP contribution is 2.33. The number of anilines is 1. The molecule has 1 atom stereocenters. The first-order chi connectivity index (χ1) is 13.7. The van der Waals surface area contributed by atoms with Crippen LogP contribution in [0.2, 0.25) is 0 Å². The van der Waals surface area contributed by atoms with Crippen LogP contribution in [0.15, 0.2) is 47.4 Å². The summed E-state index contributed by atoms with van der Waals surface area (Å²) in [5.74, 6) is -2.99. The quantitative estimate of drug-likeness (QED) is 0.721. The molecule has 6 nitrogen and oxygen atoms in total. The van der Waals surface area contributed by atoms with Gasteiger partial charge in [0.05, 0.1) is 23.6 Å². The van der Waals surface area contributed by atoms with Crippen LogP contribution in [-0.4, -0.2) is 43.5 Å². The molecule has 29 heavy (non-hydrogen) atoms. The van der Waals surface area contributed by atoms with Gasteiger partial charge in [-0.2, -0.15) is 0 Å². The summed E-state index contributed by atoms with van der Waals surface area (Å²) in [6, 6.07) is 9.68. The van der Waals surface area contributed by atoms with Crippen LogP contribution in [0.5, 0.6) is 0 Å². The third kappa shape index (κ3) is 5.77. The zero-order chi connectivity index (χ0) is 21.0. The fraction of sp³-hybridized carbons (Fsp3) is 0.263. The van der Waals surface area contributed by atoms with Crippen LogP contribution in [0.3, 0.4) is 0 Å². The number of hydrogen-bond acceptors (Lipinski definition) is 5. The molecule has 1 aliphatic heterocycles. The molecule has 0 bridgehead atoms. The van der Waals surface area contributed by atoms with Crippen LogP contribution < -0.4 is 10.6 Å². The van der Waals surface area contributed by atoms with Crippen LogP contribution in [0.1, 0.15) is 16.8 Å². The van der Waals surface area contributed by atoms with Crippen molar-refractivity contribution in [3.8, 4) is 0 Å². The van der Waals surface area contributed by atoms with E-state index in [4.69, 9.17) is 0 Å². The minimum atomic E-state index is -3.03. The van der Waals surface area contributed by atoms with Gasteiger partial charge in [0.2, 0.25) is 5.91 Å². The highest BCUT2D eigenvalue weighted by molar-refractivity contribution is 8.02. The van der Waals surface area contributed by atoms with Crippen LogP contribution >= 0.6 is 11.8 Å². The molecule has 0 spiro atoms. The minimum absolute atomic E-state index is 0.0709. The Balaban J connectivity index is 1.59. The number of halogens is 2. The van der Waals surface area contributed by atoms with Crippen LogP contribution in [0.25, 0.3) is 0 Å². The summed E-state index contributed by atoms with van der Waals surface area (Å²) in [7, 11) is -3.03. The maximum absolute atomic E-state index is 13.2. The molecule has 2 aromatic carbocycles. The maximum atomic E-state index is 13.2.